The minimum atomic E-state index is -4.58. The molecule has 1 saturated heterocycles. The van der Waals surface area contributed by atoms with Crippen molar-refractivity contribution in [2.75, 3.05) is 13.1 Å². The van der Waals surface area contributed by atoms with Crippen LogP contribution in [0.2, 0.25) is 10.0 Å². The van der Waals surface area contributed by atoms with E-state index in [9.17, 15) is 18.3 Å². The molecule has 1 fully saturated rings. The van der Waals surface area contributed by atoms with Gasteiger partial charge in [0.05, 0.1) is 0 Å². The molecule has 1 aliphatic rings. The van der Waals surface area contributed by atoms with Crippen LogP contribution in [0.15, 0.2) is 18.2 Å². The van der Waals surface area contributed by atoms with Gasteiger partial charge in [0, 0.05) is 29.7 Å². The van der Waals surface area contributed by atoms with Crippen molar-refractivity contribution in [3.8, 4) is 0 Å². The number of halogens is 5. The SMILES string of the molecule is OC1(C(F)(F)F)CCN(Cc2cc(Cl)ccc2Cl)CC1. The highest BCUT2D eigenvalue weighted by atomic mass is 35.5. The van der Waals surface area contributed by atoms with Gasteiger partial charge in [-0.05, 0) is 36.6 Å². The summed E-state index contributed by atoms with van der Waals surface area (Å²) in [7, 11) is 0. The van der Waals surface area contributed by atoms with Crippen LogP contribution in [-0.2, 0) is 6.54 Å². The minimum absolute atomic E-state index is 0.166. The van der Waals surface area contributed by atoms with Crippen molar-refractivity contribution >= 4 is 23.2 Å². The molecule has 0 radical (unpaired) electrons. The van der Waals surface area contributed by atoms with E-state index in [4.69, 9.17) is 23.2 Å². The Morgan fingerprint density at radius 1 is 1.20 bits per heavy atom. The normalized spacial score (nSPS) is 20.1. The second-order valence-electron chi connectivity index (χ2n) is 5.04. The van der Waals surface area contributed by atoms with E-state index in [2.05, 4.69) is 0 Å². The Kier molecular flexibility index (Phi) is 4.54. The number of benzene rings is 1. The van der Waals surface area contributed by atoms with Crippen molar-refractivity contribution in [1.29, 1.82) is 0 Å². The van der Waals surface area contributed by atoms with E-state index in [-0.39, 0.29) is 25.9 Å². The van der Waals surface area contributed by atoms with Gasteiger partial charge in [0.2, 0.25) is 0 Å². The van der Waals surface area contributed by atoms with Crippen molar-refractivity contribution in [3.63, 3.8) is 0 Å². The molecule has 0 unspecified atom stereocenters. The van der Waals surface area contributed by atoms with Crippen LogP contribution < -0.4 is 0 Å². The summed E-state index contributed by atoms with van der Waals surface area (Å²) in [4.78, 5) is 1.83. The lowest BCUT2D eigenvalue weighted by molar-refractivity contribution is -0.272. The fraction of sp³-hybridized carbons (Fsp3) is 0.538. The third-order valence-corrected chi connectivity index (χ3v) is 4.22. The lowest BCUT2D eigenvalue weighted by Crippen LogP contribution is -2.53. The molecule has 0 bridgehead atoms. The van der Waals surface area contributed by atoms with E-state index in [1.54, 1.807) is 18.2 Å². The third kappa shape index (κ3) is 3.39. The van der Waals surface area contributed by atoms with Crippen molar-refractivity contribution in [2.24, 2.45) is 0 Å². The zero-order valence-corrected chi connectivity index (χ0v) is 12.1. The molecule has 0 aromatic heterocycles. The van der Waals surface area contributed by atoms with Crippen LogP contribution in [0.5, 0.6) is 0 Å². The molecule has 0 saturated carbocycles. The molecule has 112 valence electrons. The topological polar surface area (TPSA) is 23.5 Å². The Hall–Kier alpha value is -0.490. The highest BCUT2D eigenvalue weighted by Gasteiger charge is 2.54. The van der Waals surface area contributed by atoms with E-state index >= 15 is 0 Å². The minimum Gasteiger partial charge on any atom is -0.380 e. The molecule has 1 aliphatic heterocycles. The summed E-state index contributed by atoms with van der Waals surface area (Å²) in [5, 5.41) is 10.7. The fourth-order valence-corrected chi connectivity index (χ4v) is 2.64. The van der Waals surface area contributed by atoms with Crippen molar-refractivity contribution in [1.82, 2.24) is 4.90 Å². The quantitative estimate of drug-likeness (QED) is 0.891. The zero-order valence-electron chi connectivity index (χ0n) is 10.6. The van der Waals surface area contributed by atoms with Gasteiger partial charge in [-0.3, -0.25) is 4.90 Å². The maximum Gasteiger partial charge on any atom is 0.417 e. The van der Waals surface area contributed by atoms with E-state index in [0.29, 0.717) is 16.6 Å². The molecule has 0 amide bonds. The summed E-state index contributed by atoms with van der Waals surface area (Å²) in [6.07, 6.45) is -5.23. The van der Waals surface area contributed by atoms with Gasteiger partial charge in [0.1, 0.15) is 0 Å². The standard InChI is InChI=1S/C13H14Cl2F3NO/c14-10-1-2-11(15)9(7-10)8-19-5-3-12(20,4-6-19)13(16,17)18/h1-2,7,20H,3-6,8H2. The van der Waals surface area contributed by atoms with Crippen LogP contribution in [0.4, 0.5) is 13.2 Å². The molecular formula is C13H14Cl2F3NO. The Labute approximate surface area is 125 Å². The lowest BCUT2D eigenvalue weighted by atomic mass is 9.90. The van der Waals surface area contributed by atoms with Gasteiger partial charge in [0.15, 0.2) is 5.60 Å². The van der Waals surface area contributed by atoms with Crippen LogP contribution in [0, 0.1) is 0 Å². The first-order valence-corrected chi connectivity index (χ1v) is 6.92. The Morgan fingerprint density at radius 2 is 1.80 bits per heavy atom. The zero-order chi connectivity index (χ0) is 15.0. The summed E-state index contributed by atoms with van der Waals surface area (Å²) in [6.45, 7) is 0.755. The number of aliphatic hydroxyl groups is 1. The van der Waals surface area contributed by atoms with E-state index in [0.717, 1.165) is 5.56 Å². The van der Waals surface area contributed by atoms with Gasteiger partial charge >= 0.3 is 6.18 Å². The van der Waals surface area contributed by atoms with Gasteiger partial charge in [-0.25, -0.2) is 0 Å². The molecule has 1 N–H and O–H groups in total. The van der Waals surface area contributed by atoms with E-state index in [1.165, 1.54) is 0 Å². The molecule has 0 spiro atoms. The summed E-state index contributed by atoms with van der Waals surface area (Å²) in [5.41, 5.74) is -1.79. The summed E-state index contributed by atoms with van der Waals surface area (Å²) >= 11 is 11.9. The summed E-state index contributed by atoms with van der Waals surface area (Å²) in [5.74, 6) is 0. The van der Waals surface area contributed by atoms with Crippen LogP contribution in [0.1, 0.15) is 18.4 Å². The molecule has 1 aromatic carbocycles. The number of rotatable bonds is 2. The lowest BCUT2D eigenvalue weighted by Gasteiger charge is -2.39. The number of hydrogen-bond acceptors (Lipinski definition) is 2. The second-order valence-corrected chi connectivity index (χ2v) is 5.88. The second kappa shape index (κ2) is 5.72. The predicted molar refractivity (Wildman–Crippen MR) is 72.0 cm³/mol. The summed E-state index contributed by atoms with van der Waals surface area (Å²) in [6, 6.07) is 5.02. The fourth-order valence-electron chi connectivity index (χ4n) is 2.27. The van der Waals surface area contributed by atoms with Gasteiger partial charge in [-0.2, -0.15) is 13.2 Å². The molecule has 1 aromatic rings. The maximum atomic E-state index is 12.7. The molecule has 1 heterocycles. The van der Waals surface area contributed by atoms with Crippen molar-refractivity contribution < 1.29 is 18.3 Å². The molecule has 20 heavy (non-hydrogen) atoms. The Balaban J connectivity index is 2.00. The first-order valence-electron chi connectivity index (χ1n) is 6.17. The highest BCUT2D eigenvalue weighted by molar-refractivity contribution is 6.33. The number of hydrogen-bond donors (Lipinski definition) is 1. The molecule has 0 atom stereocenters. The number of likely N-dealkylation sites (tertiary alicyclic amines) is 1. The smallest absolute Gasteiger partial charge is 0.380 e. The first kappa shape index (κ1) is 15.9. The number of piperidine rings is 1. The van der Waals surface area contributed by atoms with E-state index in [1.807, 2.05) is 4.90 Å². The average molecular weight is 328 g/mol. The molecular weight excluding hydrogens is 314 g/mol. The molecule has 7 heteroatoms. The Bertz CT molecular complexity index is 485. The van der Waals surface area contributed by atoms with Crippen LogP contribution in [0.25, 0.3) is 0 Å². The van der Waals surface area contributed by atoms with Gasteiger partial charge in [-0.15, -0.1) is 0 Å². The van der Waals surface area contributed by atoms with E-state index < -0.39 is 11.8 Å². The number of alkyl halides is 3. The largest absolute Gasteiger partial charge is 0.417 e. The average Bonchev–Trinajstić information content (AvgIpc) is 2.35. The van der Waals surface area contributed by atoms with Crippen LogP contribution in [-0.4, -0.2) is 34.9 Å². The maximum absolute atomic E-state index is 12.7. The predicted octanol–water partition coefficient (Wildman–Crippen LogP) is 3.88. The van der Waals surface area contributed by atoms with Gasteiger partial charge < -0.3 is 5.11 Å². The molecule has 0 aliphatic carbocycles. The first-order chi connectivity index (χ1) is 9.21. The Morgan fingerprint density at radius 3 is 2.35 bits per heavy atom. The highest BCUT2D eigenvalue weighted by Crippen LogP contribution is 2.38. The van der Waals surface area contributed by atoms with Gasteiger partial charge in [-0.1, -0.05) is 23.2 Å². The molecule has 2 rings (SSSR count). The van der Waals surface area contributed by atoms with Gasteiger partial charge in [0.25, 0.3) is 0 Å². The summed E-state index contributed by atoms with van der Waals surface area (Å²) < 4.78 is 38.1. The third-order valence-electron chi connectivity index (χ3n) is 3.61. The van der Waals surface area contributed by atoms with Crippen molar-refractivity contribution in [3.05, 3.63) is 33.8 Å². The van der Waals surface area contributed by atoms with Crippen LogP contribution >= 0.6 is 23.2 Å². The van der Waals surface area contributed by atoms with Crippen LogP contribution in [0.3, 0.4) is 0 Å². The van der Waals surface area contributed by atoms with Crippen molar-refractivity contribution in [2.45, 2.75) is 31.2 Å². The molecule has 2 nitrogen and oxygen atoms in total. The monoisotopic (exact) mass is 327 g/mol. The number of nitrogens with zero attached hydrogens (tertiary/aromatic N) is 1.